The van der Waals surface area contributed by atoms with Crippen molar-refractivity contribution in [3.63, 3.8) is 0 Å². The zero-order valence-electron chi connectivity index (χ0n) is 13.6. The molecule has 0 bridgehead atoms. The molecule has 0 N–H and O–H groups in total. The molecular weight excluding hydrogens is 264 g/mol. The van der Waals surface area contributed by atoms with Crippen molar-refractivity contribution >= 4 is 5.91 Å². The summed E-state index contributed by atoms with van der Waals surface area (Å²) >= 11 is 0. The summed E-state index contributed by atoms with van der Waals surface area (Å²) in [5, 5.41) is 0. The van der Waals surface area contributed by atoms with Gasteiger partial charge in [0, 0.05) is 6.04 Å². The Labute approximate surface area is 128 Å². The van der Waals surface area contributed by atoms with Crippen molar-refractivity contribution in [1.29, 1.82) is 0 Å². The van der Waals surface area contributed by atoms with Crippen molar-refractivity contribution in [2.24, 2.45) is 0 Å². The van der Waals surface area contributed by atoms with Gasteiger partial charge in [0.2, 0.25) is 5.91 Å². The molecule has 1 heterocycles. The van der Waals surface area contributed by atoms with E-state index >= 15 is 0 Å². The van der Waals surface area contributed by atoms with Gasteiger partial charge in [-0.3, -0.25) is 9.69 Å². The third kappa shape index (κ3) is 4.88. The van der Waals surface area contributed by atoms with Gasteiger partial charge >= 0.3 is 0 Å². The normalized spacial score (nSPS) is 14.7. The quantitative estimate of drug-likeness (QED) is 0.701. The van der Waals surface area contributed by atoms with E-state index in [1.165, 1.54) is 0 Å². The van der Waals surface area contributed by atoms with Crippen LogP contribution in [0.4, 0.5) is 0 Å². The SMILES string of the molecule is CCCN(CCC)CC(=O)N(Cc1ccc(C)o1)C1CC1. The van der Waals surface area contributed by atoms with Crippen LogP contribution in [0.5, 0.6) is 0 Å². The van der Waals surface area contributed by atoms with Crippen LogP contribution in [0.15, 0.2) is 16.5 Å². The molecule has 0 aromatic carbocycles. The number of nitrogens with zero attached hydrogens (tertiary/aromatic N) is 2. The molecule has 1 aromatic heterocycles. The lowest BCUT2D eigenvalue weighted by atomic mass is 10.3. The minimum absolute atomic E-state index is 0.244. The molecule has 2 rings (SSSR count). The molecule has 0 saturated heterocycles. The average molecular weight is 292 g/mol. The maximum atomic E-state index is 12.6. The molecule has 1 aliphatic rings. The molecule has 0 spiro atoms. The van der Waals surface area contributed by atoms with Crippen LogP contribution in [0.3, 0.4) is 0 Å². The molecule has 118 valence electrons. The van der Waals surface area contributed by atoms with Crippen LogP contribution >= 0.6 is 0 Å². The number of carbonyl (C=O) groups excluding carboxylic acids is 1. The van der Waals surface area contributed by atoms with Gasteiger partial charge in [0.15, 0.2) is 0 Å². The van der Waals surface area contributed by atoms with Gasteiger partial charge in [-0.2, -0.15) is 0 Å². The number of amides is 1. The molecule has 1 aromatic rings. The molecule has 1 amide bonds. The Kier molecular flexibility index (Phi) is 5.85. The van der Waals surface area contributed by atoms with Gasteiger partial charge in [0.25, 0.3) is 0 Å². The summed E-state index contributed by atoms with van der Waals surface area (Å²) in [7, 11) is 0. The van der Waals surface area contributed by atoms with E-state index in [4.69, 9.17) is 4.42 Å². The summed E-state index contributed by atoms with van der Waals surface area (Å²) in [6.45, 7) is 9.42. The standard InChI is InChI=1S/C17H28N2O2/c1-4-10-18(11-5-2)13-17(20)19(15-7-8-15)12-16-9-6-14(3)21-16/h6,9,15H,4-5,7-8,10-13H2,1-3H3. The molecule has 4 heteroatoms. The maximum absolute atomic E-state index is 12.6. The molecule has 4 nitrogen and oxygen atoms in total. The smallest absolute Gasteiger partial charge is 0.237 e. The van der Waals surface area contributed by atoms with Crippen molar-refractivity contribution in [3.8, 4) is 0 Å². The third-order valence-electron chi connectivity index (χ3n) is 3.87. The Balaban J connectivity index is 1.95. The Morgan fingerprint density at radius 2 is 1.90 bits per heavy atom. The Hall–Kier alpha value is -1.29. The first-order valence-electron chi connectivity index (χ1n) is 8.21. The lowest BCUT2D eigenvalue weighted by Crippen LogP contribution is -2.41. The van der Waals surface area contributed by atoms with Crippen molar-refractivity contribution < 1.29 is 9.21 Å². The Morgan fingerprint density at radius 3 is 2.38 bits per heavy atom. The fraction of sp³-hybridized carbons (Fsp3) is 0.706. The van der Waals surface area contributed by atoms with Crippen LogP contribution in [0.2, 0.25) is 0 Å². The van der Waals surface area contributed by atoms with Crippen molar-refractivity contribution in [1.82, 2.24) is 9.80 Å². The minimum atomic E-state index is 0.244. The van der Waals surface area contributed by atoms with Gasteiger partial charge in [0.05, 0.1) is 13.1 Å². The Morgan fingerprint density at radius 1 is 1.24 bits per heavy atom. The van der Waals surface area contributed by atoms with Gasteiger partial charge in [-0.25, -0.2) is 0 Å². The summed E-state index contributed by atoms with van der Waals surface area (Å²) in [4.78, 5) is 16.9. The van der Waals surface area contributed by atoms with E-state index in [-0.39, 0.29) is 5.91 Å². The highest BCUT2D eigenvalue weighted by molar-refractivity contribution is 5.78. The summed E-state index contributed by atoms with van der Waals surface area (Å²) in [6.07, 6.45) is 4.45. The van der Waals surface area contributed by atoms with Crippen LogP contribution in [0.1, 0.15) is 51.1 Å². The minimum Gasteiger partial charge on any atom is -0.464 e. The van der Waals surface area contributed by atoms with E-state index in [9.17, 15) is 4.79 Å². The van der Waals surface area contributed by atoms with E-state index in [1.807, 2.05) is 24.0 Å². The van der Waals surface area contributed by atoms with E-state index in [0.29, 0.717) is 19.1 Å². The maximum Gasteiger partial charge on any atom is 0.237 e. The first kappa shape index (κ1) is 16.1. The van der Waals surface area contributed by atoms with Crippen LogP contribution in [0, 0.1) is 6.92 Å². The van der Waals surface area contributed by atoms with Crippen LogP contribution in [-0.4, -0.2) is 41.4 Å². The lowest BCUT2D eigenvalue weighted by Gasteiger charge is -2.26. The van der Waals surface area contributed by atoms with Crippen molar-refractivity contribution in [2.45, 2.75) is 59.0 Å². The zero-order chi connectivity index (χ0) is 15.2. The monoisotopic (exact) mass is 292 g/mol. The van der Waals surface area contributed by atoms with Crippen LogP contribution in [-0.2, 0) is 11.3 Å². The van der Waals surface area contributed by atoms with Crippen molar-refractivity contribution in [3.05, 3.63) is 23.7 Å². The molecule has 1 saturated carbocycles. The number of carbonyl (C=O) groups is 1. The summed E-state index contributed by atoms with van der Waals surface area (Å²) in [5.74, 6) is 2.05. The Bertz CT molecular complexity index is 445. The van der Waals surface area contributed by atoms with E-state index in [0.717, 1.165) is 50.3 Å². The molecular formula is C17H28N2O2. The second kappa shape index (κ2) is 7.64. The molecule has 1 fully saturated rings. The predicted molar refractivity (Wildman–Crippen MR) is 84.0 cm³/mol. The molecule has 21 heavy (non-hydrogen) atoms. The average Bonchev–Trinajstić information content (AvgIpc) is 3.19. The summed E-state index contributed by atoms with van der Waals surface area (Å²) < 4.78 is 5.63. The van der Waals surface area contributed by atoms with Gasteiger partial charge in [-0.1, -0.05) is 13.8 Å². The molecule has 0 aliphatic heterocycles. The first-order chi connectivity index (χ1) is 10.1. The zero-order valence-corrected chi connectivity index (χ0v) is 13.6. The van der Waals surface area contributed by atoms with E-state index in [2.05, 4.69) is 18.7 Å². The van der Waals surface area contributed by atoms with Crippen LogP contribution in [0.25, 0.3) is 0 Å². The topological polar surface area (TPSA) is 36.7 Å². The fourth-order valence-corrected chi connectivity index (χ4v) is 2.73. The largest absolute Gasteiger partial charge is 0.464 e. The summed E-state index contributed by atoms with van der Waals surface area (Å²) in [5.41, 5.74) is 0. The lowest BCUT2D eigenvalue weighted by molar-refractivity contribution is -0.134. The summed E-state index contributed by atoms with van der Waals surface area (Å²) in [6, 6.07) is 4.37. The highest BCUT2D eigenvalue weighted by Crippen LogP contribution is 2.29. The highest BCUT2D eigenvalue weighted by atomic mass is 16.3. The number of rotatable bonds is 9. The molecule has 0 atom stereocenters. The van der Waals surface area contributed by atoms with Crippen molar-refractivity contribution in [2.75, 3.05) is 19.6 Å². The molecule has 0 radical (unpaired) electrons. The van der Waals surface area contributed by atoms with Gasteiger partial charge in [0.1, 0.15) is 11.5 Å². The predicted octanol–water partition coefficient (Wildman–Crippen LogP) is 3.20. The molecule has 0 unspecified atom stereocenters. The van der Waals surface area contributed by atoms with Gasteiger partial charge < -0.3 is 9.32 Å². The highest BCUT2D eigenvalue weighted by Gasteiger charge is 2.33. The second-order valence-electron chi connectivity index (χ2n) is 6.04. The molecule has 1 aliphatic carbocycles. The fourth-order valence-electron chi connectivity index (χ4n) is 2.73. The van der Waals surface area contributed by atoms with E-state index < -0.39 is 0 Å². The second-order valence-corrected chi connectivity index (χ2v) is 6.04. The van der Waals surface area contributed by atoms with E-state index in [1.54, 1.807) is 0 Å². The van der Waals surface area contributed by atoms with Crippen LogP contribution < -0.4 is 0 Å². The number of furan rings is 1. The first-order valence-corrected chi connectivity index (χ1v) is 8.21. The van der Waals surface area contributed by atoms with Gasteiger partial charge in [-0.15, -0.1) is 0 Å². The van der Waals surface area contributed by atoms with Gasteiger partial charge in [-0.05, 0) is 57.8 Å². The number of aryl methyl sites for hydroxylation is 1. The number of hydrogen-bond donors (Lipinski definition) is 0. The third-order valence-corrected chi connectivity index (χ3v) is 3.87. The number of hydrogen-bond acceptors (Lipinski definition) is 3.